The van der Waals surface area contributed by atoms with Crippen molar-refractivity contribution in [3.05, 3.63) is 22.6 Å². The zero-order valence-corrected chi connectivity index (χ0v) is 11.5. The molecule has 1 aromatic heterocycles. The van der Waals surface area contributed by atoms with Crippen LogP contribution in [0.4, 0.5) is 0 Å². The molecule has 1 aliphatic heterocycles. The highest BCUT2D eigenvalue weighted by Crippen LogP contribution is 2.26. The minimum Gasteiger partial charge on any atom is -0.466 e. The van der Waals surface area contributed by atoms with Crippen molar-refractivity contribution in [1.82, 2.24) is 4.90 Å². The van der Waals surface area contributed by atoms with Crippen LogP contribution in [0.3, 0.4) is 0 Å². The van der Waals surface area contributed by atoms with Gasteiger partial charge < -0.3 is 15.1 Å². The normalized spacial score (nSPS) is 19.6. The van der Waals surface area contributed by atoms with Gasteiger partial charge >= 0.3 is 0 Å². The molecule has 0 bridgehead atoms. The molecule has 2 rings (SSSR count). The van der Waals surface area contributed by atoms with Crippen molar-refractivity contribution < 1.29 is 9.21 Å². The molecule has 0 spiro atoms. The number of hydrogen-bond donors (Lipinski definition) is 1. The van der Waals surface area contributed by atoms with Crippen molar-refractivity contribution in [2.24, 2.45) is 11.7 Å². The SMILES string of the molecule is Cc1oc(C)c(C(=O)N2CCC(CCN)C2)c1C. The molecule has 1 amide bonds. The summed E-state index contributed by atoms with van der Waals surface area (Å²) in [6.07, 6.45) is 2.07. The number of amides is 1. The van der Waals surface area contributed by atoms with Crippen LogP contribution in [0.5, 0.6) is 0 Å². The van der Waals surface area contributed by atoms with Crippen molar-refractivity contribution in [2.45, 2.75) is 33.6 Å². The van der Waals surface area contributed by atoms with E-state index in [0.29, 0.717) is 12.5 Å². The van der Waals surface area contributed by atoms with E-state index >= 15 is 0 Å². The van der Waals surface area contributed by atoms with E-state index in [0.717, 1.165) is 48.6 Å². The van der Waals surface area contributed by atoms with Gasteiger partial charge in [-0.2, -0.15) is 0 Å². The molecule has 2 heterocycles. The molecule has 1 atom stereocenters. The molecule has 1 saturated heterocycles. The fourth-order valence-corrected chi connectivity index (χ4v) is 2.75. The lowest BCUT2D eigenvalue weighted by Gasteiger charge is -2.16. The van der Waals surface area contributed by atoms with Crippen LogP contribution in [0.15, 0.2) is 4.42 Å². The van der Waals surface area contributed by atoms with Crippen molar-refractivity contribution in [3.63, 3.8) is 0 Å². The molecule has 0 radical (unpaired) electrons. The lowest BCUT2D eigenvalue weighted by Crippen LogP contribution is -2.29. The molecule has 18 heavy (non-hydrogen) atoms. The maximum atomic E-state index is 12.5. The van der Waals surface area contributed by atoms with Gasteiger partial charge in [-0.05, 0) is 46.1 Å². The number of furan rings is 1. The number of nitrogens with zero attached hydrogens (tertiary/aromatic N) is 1. The second-order valence-electron chi connectivity index (χ2n) is 5.20. The van der Waals surface area contributed by atoms with Gasteiger partial charge in [0.2, 0.25) is 0 Å². The molecular weight excluding hydrogens is 228 g/mol. The highest BCUT2D eigenvalue weighted by molar-refractivity contribution is 5.97. The number of rotatable bonds is 3. The fraction of sp³-hybridized carbons (Fsp3) is 0.643. The van der Waals surface area contributed by atoms with Gasteiger partial charge in [0.1, 0.15) is 11.5 Å². The fourth-order valence-electron chi connectivity index (χ4n) is 2.75. The third-order valence-electron chi connectivity index (χ3n) is 3.92. The average molecular weight is 250 g/mol. The minimum absolute atomic E-state index is 0.112. The van der Waals surface area contributed by atoms with E-state index in [-0.39, 0.29) is 5.91 Å². The molecule has 0 aliphatic carbocycles. The largest absolute Gasteiger partial charge is 0.466 e. The van der Waals surface area contributed by atoms with Gasteiger partial charge in [0, 0.05) is 18.7 Å². The van der Waals surface area contributed by atoms with E-state index in [1.165, 1.54) is 0 Å². The van der Waals surface area contributed by atoms with Crippen LogP contribution in [0, 0.1) is 26.7 Å². The van der Waals surface area contributed by atoms with E-state index < -0.39 is 0 Å². The highest BCUT2D eigenvalue weighted by Gasteiger charge is 2.29. The standard InChI is InChI=1S/C14H22N2O2/c1-9-10(2)18-11(3)13(9)14(17)16-7-5-12(8-16)4-6-15/h12H,4-8,15H2,1-3H3. The zero-order chi connectivity index (χ0) is 13.3. The lowest BCUT2D eigenvalue weighted by atomic mass is 10.1. The number of hydrogen-bond acceptors (Lipinski definition) is 3. The molecule has 1 fully saturated rings. The average Bonchev–Trinajstić information content (AvgIpc) is 2.86. The molecule has 1 unspecified atom stereocenters. The summed E-state index contributed by atoms with van der Waals surface area (Å²) >= 11 is 0. The van der Waals surface area contributed by atoms with Crippen LogP contribution < -0.4 is 5.73 Å². The molecule has 1 aromatic rings. The van der Waals surface area contributed by atoms with Crippen LogP contribution in [0.1, 0.15) is 40.3 Å². The Morgan fingerprint density at radius 2 is 2.11 bits per heavy atom. The molecule has 0 aromatic carbocycles. The third kappa shape index (κ3) is 2.29. The van der Waals surface area contributed by atoms with Crippen molar-refractivity contribution in [3.8, 4) is 0 Å². The minimum atomic E-state index is 0.112. The summed E-state index contributed by atoms with van der Waals surface area (Å²) < 4.78 is 5.53. The van der Waals surface area contributed by atoms with Gasteiger partial charge in [-0.25, -0.2) is 0 Å². The number of carbonyl (C=O) groups excluding carboxylic acids is 1. The van der Waals surface area contributed by atoms with E-state index in [4.69, 9.17) is 10.2 Å². The smallest absolute Gasteiger partial charge is 0.257 e. The summed E-state index contributed by atoms with van der Waals surface area (Å²) in [6, 6.07) is 0. The molecule has 100 valence electrons. The Bertz CT molecular complexity index is 451. The van der Waals surface area contributed by atoms with E-state index in [1.807, 2.05) is 25.7 Å². The Kier molecular flexibility index (Phi) is 3.76. The molecular formula is C14H22N2O2. The van der Waals surface area contributed by atoms with Gasteiger partial charge in [0.05, 0.1) is 5.56 Å². The van der Waals surface area contributed by atoms with Crippen LogP contribution in [-0.2, 0) is 0 Å². The summed E-state index contributed by atoms with van der Waals surface area (Å²) in [4.78, 5) is 14.4. The number of carbonyl (C=O) groups is 1. The predicted octanol–water partition coefficient (Wildman–Crippen LogP) is 2.02. The van der Waals surface area contributed by atoms with Crippen molar-refractivity contribution in [1.29, 1.82) is 0 Å². The highest BCUT2D eigenvalue weighted by atomic mass is 16.3. The Balaban J connectivity index is 2.13. The molecule has 4 heteroatoms. The Labute approximate surface area is 108 Å². The first kappa shape index (κ1) is 13.1. The molecule has 4 nitrogen and oxygen atoms in total. The van der Waals surface area contributed by atoms with E-state index in [9.17, 15) is 4.79 Å². The summed E-state index contributed by atoms with van der Waals surface area (Å²) in [5.74, 6) is 2.25. The predicted molar refractivity (Wildman–Crippen MR) is 70.6 cm³/mol. The summed E-state index contributed by atoms with van der Waals surface area (Å²) in [5, 5.41) is 0. The number of likely N-dealkylation sites (tertiary alicyclic amines) is 1. The molecule has 2 N–H and O–H groups in total. The summed E-state index contributed by atoms with van der Waals surface area (Å²) in [7, 11) is 0. The maximum absolute atomic E-state index is 12.5. The first-order valence-electron chi connectivity index (χ1n) is 6.60. The van der Waals surface area contributed by atoms with Crippen molar-refractivity contribution >= 4 is 5.91 Å². The van der Waals surface area contributed by atoms with Gasteiger partial charge in [-0.15, -0.1) is 0 Å². The van der Waals surface area contributed by atoms with E-state index in [2.05, 4.69) is 0 Å². The van der Waals surface area contributed by atoms with Gasteiger partial charge in [0.25, 0.3) is 5.91 Å². The number of aryl methyl sites for hydroxylation is 2. The monoisotopic (exact) mass is 250 g/mol. The Morgan fingerprint density at radius 3 is 2.67 bits per heavy atom. The zero-order valence-electron chi connectivity index (χ0n) is 11.5. The number of nitrogens with two attached hydrogens (primary N) is 1. The van der Waals surface area contributed by atoms with Crippen molar-refractivity contribution in [2.75, 3.05) is 19.6 Å². The Morgan fingerprint density at radius 1 is 1.39 bits per heavy atom. The maximum Gasteiger partial charge on any atom is 0.257 e. The van der Waals surface area contributed by atoms with Crippen LogP contribution in [0.25, 0.3) is 0 Å². The second kappa shape index (κ2) is 5.14. The van der Waals surface area contributed by atoms with Gasteiger partial charge in [0.15, 0.2) is 0 Å². The quantitative estimate of drug-likeness (QED) is 0.892. The van der Waals surface area contributed by atoms with Crippen LogP contribution in [-0.4, -0.2) is 30.4 Å². The topological polar surface area (TPSA) is 59.5 Å². The first-order valence-corrected chi connectivity index (χ1v) is 6.60. The van der Waals surface area contributed by atoms with Crippen LogP contribution in [0.2, 0.25) is 0 Å². The summed E-state index contributed by atoms with van der Waals surface area (Å²) in [5.41, 5.74) is 7.30. The molecule has 1 aliphatic rings. The third-order valence-corrected chi connectivity index (χ3v) is 3.92. The Hall–Kier alpha value is -1.29. The van der Waals surface area contributed by atoms with Gasteiger partial charge in [-0.1, -0.05) is 0 Å². The van der Waals surface area contributed by atoms with Gasteiger partial charge in [-0.3, -0.25) is 4.79 Å². The van der Waals surface area contributed by atoms with Crippen LogP contribution >= 0.6 is 0 Å². The summed E-state index contributed by atoms with van der Waals surface area (Å²) in [6.45, 7) is 8.09. The first-order chi connectivity index (χ1) is 8.54. The lowest BCUT2D eigenvalue weighted by molar-refractivity contribution is 0.0784. The second-order valence-corrected chi connectivity index (χ2v) is 5.20. The van der Waals surface area contributed by atoms with E-state index in [1.54, 1.807) is 0 Å². The molecule has 0 saturated carbocycles.